The van der Waals surface area contributed by atoms with Gasteiger partial charge in [0.15, 0.2) is 0 Å². The molecule has 0 bridgehead atoms. The van der Waals surface area contributed by atoms with Gasteiger partial charge in [0.1, 0.15) is 22.3 Å². The molecule has 2 aromatic carbocycles. The van der Waals surface area contributed by atoms with Crippen LogP contribution in [0.25, 0.3) is 0 Å². The van der Waals surface area contributed by atoms with E-state index in [2.05, 4.69) is 0 Å². The van der Waals surface area contributed by atoms with Gasteiger partial charge in [0.05, 0.1) is 4.90 Å². The van der Waals surface area contributed by atoms with Gasteiger partial charge in [-0.25, -0.2) is 30.0 Å². The number of nitrogens with zero attached hydrogens (tertiary/aromatic N) is 2. The van der Waals surface area contributed by atoms with Crippen molar-refractivity contribution in [2.45, 2.75) is 16.2 Å². The van der Waals surface area contributed by atoms with Crippen LogP contribution in [0, 0.1) is 17.5 Å². The first kappa shape index (κ1) is 20.8. The predicted octanol–water partition coefficient (Wildman–Crippen LogP) is 2.19. The smallest absolute Gasteiger partial charge is 0.207 e. The highest BCUT2D eigenvalue weighted by atomic mass is 32.2. The van der Waals surface area contributed by atoms with E-state index in [0.717, 1.165) is 45.0 Å². The molecule has 1 aliphatic rings. The van der Waals surface area contributed by atoms with Crippen LogP contribution in [-0.4, -0.2) is 51.6 Å². The summed E-state index contributed by atoms with van der Waals surface area (Å²) in [6.07, 6.45) is 0.183. The van der Waals surface area contributed by atoms with Crippen molar-refractivity contribution in [1.82, 2.24) is 8.61 Å². The topological polar surface area (TPSA) is 74.8 Å². The molecule has 0 spiro atoms. The molecule has 0 atom stereocenters. The fourth-order valence-corrected chi connectivity index (χ4v) is 5.91. The zero-order chi connectivity index (χ0) is 20.5. The van der Waals surface area contributed by atoms with Crippen LogP contribution in [-0.2, 0) is 20.0 Å². The molecule has 152 valence electrons. The predicted molar refractivity (Wildman–Crippen MR) is 94.9 cm³/mol. The summed E-state index contributed by atoms with van der Waals surface area (Å²) in [5.74, 6) is -2.68. The Hall–Kier alpha value is -1.95. The zero-order valence-electron chi connectivity index (χ0n) is 14.6. The first-order valence-electron chi connectivity index (χ1n) is 8.33. The van der Waals surface area contributed by atoms with Gasteiger partial charge in [-0.1, -0.05) is 0 Å². The molecule has 28 heavy (non-hydrogen) atoms. The average molecular weight is 434 g/mol. The summed E-state index contributed by atoms with van der Waals surface area (Å²) < 4.78 is 92.9. The SMILES string of the molecule is O=S(=O)(c1ccc(F)cc1)N1CCCN(S(=O)(=O)c2ccc(F)cc2F)CC1. The minimum absolute atomic E-state index is 0.0193. The first-order chi connectivity index (χ1) is 13.1. The van der Waals surface area contributed by atoms with Crippen molar-refractivity contribution in [1.29, 1.82) is 0 Å². The summed E-state index contributed by atoms with van der Waals surface area (Å²) in [5, 5.41) is 0. The maximum atomic E-state index is 13.9. The number of hydrogen-bond acceptors (Lipinski definition) is 4. The van der Waals surface area contributed by atoms with Crippen LogP contribution >= 0.6 is 0 Å². The Labute approximate surface area is 161 Å². The van der Waals surface area contributed by atoms with Gasteiger partial charge in [-0.3, -0.25) is 0 Å². The summed E-state index contributed by atoms with van der Waals surface area (Å²) in [6.45, 7) is -0.312. The van der Waals surface area contributed by atoms with E-state index in [1.807, 2.05) is 0 Å². The molecule has 11 heteroatoms. The highest BCUT2D eigenvalue weighted by molar-refractivity contribution is 7.89. The van der Waals surface area contributed by atoms with E-state index in [4.69, 9.17) is 0 Å². The lowest BCUT2D eigenvalue weighted by molar-refractivity contribution is 0.402. The molecule has 1 fully saturated rings. The van der Waals surface area contributed by atoms with Gasteiger partial charge in [0.25, 0.3) is 0 Å². The van der Waals surface area contributed by atoms with Gasteiger partial charge in [-0.15, -0.1) is 0 Å². The monoisotopic (exact) mass is 434 g/mol. The van der Waals surface area contributed by atoms with Crippen molar-refractivity contribution in [3.05, 3.63) is 59.9 Å². The molecule has 0 unspecified atom stereocenters. The molecule has 2 aromatic rings. The molecule has 0 radical (unpaired) electrons. The Morgan fingerprint density at radius 2 is 1.21 bits per heavy atom. The molecule has 0 aromatic heterocycles. The maximum absolute atomic E-state index is 13.9. The van der Waals surface area contributed by atoms with Crippen LogP contribution in [0.2, 0.25) is 0 Å². The number of halogens is 3. The van der Waals surface area contributed by atoms with Gasteiger partial charge in [0, 0.05) is 32.2 Å². The van der Waals surface area contributed by atoms with Crippen molar-refractivity contribution in [3.8, 4) is 0 Å². The van der Waals surface area contributed by atoms with E-state index in [1.165, 1.54) is 0 Å². The fraction of sp³-hybridized carbons (Fsp3) is 0.294. The fourth-order valence-electron chi connectivity index (χ4n) is 2.93. The van der Waals surface area contributed by atoms with E-state index in [9.17, 15) is 30.0 Å². The lowest BCUT2D eigenvalue weighted by atomic mass is 10.3. The minimum Gasteiger partial charge on any atom is -0.207 e. The Balaban J connectivity index is 1.82. The first-order valence-corrected chi connectivity index (χ1v) is 11.2. The summed E-state index contributed by atoms with van der Waals surface area (Å²) in [7, 11) is -8.18. The summed E-state index contributed by atoms with van der Waals surface area (Å²) in [4.78, 5) is -0.765. The van der Waals surface area contributed by atoms with Crippen molar-refractivity contribution in [2.75, 3.05) is 26.2 Å². The van der Waals surface area contributed by atoms with E-state index < -0.39 is 42.4 Å². The quantitative estimate of drug-likeness (QED) is 0.740. The molecule has 1 aliphatic heterocycles. The molecule has 1 heterocycles. The largest absolute Gasteiger partial charge is 0.246 e. The minimum atomic E-state index is -4.25. The molecule has 6 nitrogen and oxygen atoms in total. The third-order valence-corrected chi connectivity index (χ3v) is 8.22. The molecule has 3 rings (SSSR count). The third-order valence-electron chi connectivity index (χ3n) is 4.38. The molecule has 0 amide bonds. The van der Waals surface area contributed by atoms with Crippen LogP contribution in [0.5, 0.6) is 0 Å². The number of sulfonamides is 2. The van der Waals surface area contributed by atoms with E-state index >= 15 is 0 Å². The van der Waals surface area contributed by atoms with E-state index in [-0.39, 0.29) is 37.5 Å². The Morgan fingerprint density at radius 3 is 1.79 bits per heavy atom. The van der Waals surface area contributed by atoms with Crippen LogP contribution in [0.3, 0.4) is 0 Å². The third kappa shape index (κ3) is 4.07. The number of rotatable bonds is 4. The average Bonchev–Trinajstić information content (AvgIpc) is 2.89. The van der Waals surface area contributed by atoms with Gasteiger partial charge in [-0.2, -0.15) is 8.61 Å². The second kappa shape index (κ2) is 7.82. The number of benzene rings is 2. The Kier molecular flexibility index (Phi) is 5.80. The highest BCUT2D eigenvalue weighted by Gasteiger charge is 2.33. The zero-order valence-corrected chi connectivity index (χ0v) is 16.2. The summed E-state index contributed by atoms with van der Waals surface area (Å²) >= 11 is 0. The standard InChI is InChI=1S/C17H17F3N2O4S2/c18-13-2-5-15(6-3-13)27(23,24)21-8-1-9-22(11-10-21)28(25,26)17-7-4-14(19)12-16(17)20/h2-7,12H,1,8-11H2. The number of hydrogen-bond donors (Lipinski definition) is 0. The van der Waals surface area contributed by atoms with Crippen molar-refractivity contribution < 1.29 is 30.0 Å². The molecule has 0 aliphatic carbocycles. The van der Waals surface area contributed by atoms with E-state index in [0.29, 0.717) is 6.07 Å². The lowest BCUT2D eigenvalue weighted by Gasteiger charge is -2.22. The lowest BCUT2D eigenvalue weighted by Crippen LogP contribution is -2.37. The highest BCUT2D eigenvalue weighted by Crippen LogP contribution is 2.23. The van der Waals surface area contributed by atoms with Gasteiger partial charge >= 0.3 is 0 Å². The van der Waals surface area contributed by atoms with Crippen LogP contribution in [0.4, 0.5) is 13.2 Å². The molecular weight excluding hydrogens is 417 g/mol. The van der Waals surface area contributed by atoms with Crippen LogP contribution < -0.4 is 0 Å². The Bertz CT molecular complexity index is 1070. The van der Waals surface area contributed by atoms with Crippen molar-refractivity contribution in [2.24, 2.45) is 0 Å². The summed E-state index contributed by atoms with van der Waals surface area (Å²) in [6, 6.07) is 6.50. The Morgan fingerprint density at radius 1 is 0.679 bits per heavy atom. The maximum Gasteiger partial charge on any atom is 0.246 e. The second-order valence-corrected chi connectivity index (χ2v) is 10.0. The van der Waals surface area contributed by atoms with Crippen LogP contribution in [0.1, 0.15) is 6.42 Å². The van der Waals surface area contributed by atoms with Crippen molar-refractivity contribution >= 4 is 20.0 Å². The molecule has 1 saturated heterocycles. The van der Waals surface area contributed by atoms with Crippen LogP contribution in [0.15, 0.2) is 52.3 Å². The molecule has 0 saturated carbocycles. The molecular formula is C17H17F3N2O4S2. The van der Waals surface area contributed by atoms with Gasteiger partial charge in [0.2, 0.25) is 20.0 Å². The van der Waals surface area contributed by atoms with Crippen molar-refractivity contribution in [3.63, 3.8) is 0 Å². The van der Waals surface area contributed by atoms with E-state index in [1.54, 1.807) is 0 Å². The summed E-state index contributed by atoms with van der Waals surface area (Å²) in [5.41, 5.74) is 0. The molecule has 0 N–H and O–H groups in total. The second-order valence-electron chi connectivity index (χ2n) is 6.19. The normalized spacial score (nSPS) is 17.4. The van der Waals surface area contributed by atoms with Gasteiger partial charge < -0.3 is 0 Å². The van der Waals surface area contributed by atoms with Gasteiger partial charge in [-0.05, 0) is 42.8 Å².